The smallest absolute Gasteiger partial charge is 0.303 e. The zero-order chi connectivity index (χ0) is 30.7. The molecule has 0 unspecified atom stereocenters. The second-order valence-corrected chi connectivity index (χ2v) is 17.0. The van der Waals surface area contributed by atoms with E-state index >= 15 is 0 Å². The first-order chi connectivity index (χ1) is 19.6. The summed E-state index contributed by atoms with van der Waals surface area (Å²) in [5.74, 6) is 2.14. The number of fused-ring (bicyclic) bond motifs is 7. The summed E-state index contributed by atoms with van der Waals surface area (Å²) in [6, 6.07) is 0. The van der Waals surface area contributed by atoms with E-state index in [0.717, 1.165) is 57.8 Å². The van der Waals surface area contributed by atoms with Crippen LogP contribution in [0.1, 0.15) is 138 Å². The molecule has 0 aliphatic heterocycles. The van der Waals surface area contributed by atoms with Crippen molar-refractivity contribution >= 4 is 11.9 Å². The van der Waals surface area contributed by atoms with Crippen molar-refractivity contribution < 1.29 is 19.8 Å². The van der Waals surface area contributed by atoms with Crippen LogP contribution in [0.25, 0.3) is 0 Å². The number of aliphatic hydroxyl groups excluding tert-OH is 1. The Hall–Kier alpha value is -1.36. The molecule has 5 nitrogen and oxygen atoms in total. The molecule has 0 spiro atoms. The maximum absolute atomic E-state index is 14.2. The molecule has 5 aliphatic rings. The summed E-state index contributed by atoms with van der Waals surface area (Å²) in [5.41, 5.74) is 1.69. The van der Waals surface area contributed by atoms with Gasteiger partial charge in [-0.05, 0) is 135 Å². The van der Waals surface area contributed by atoms with Crippen LogP contribution < -0.4 is 5.32 Å². The van der Waals surface area contributed by atoms with Gasteiger partial charge in [-0.15, -0.1) is 0 Å². The molecular weight excluding hydrogens is 522 g/mol. The van der Waals surface area contributed by atoms with E-state index in [9.17, 15) is 14.7 Å². The summed E-state index contributed by atoms with van der Waals surface area (Å²) in [6.45, 7) is 19.9. The number of aliphatic hydroxyl groups is 1. The number of aliphatic carboxylic acids is 1. The van der Waals surface area contributed by atoms with Gasteiger partial charge in [-0.3, -0.25) is 9.59 Å². The van der Waals surface area contributed by atoms with Crippen molar-refractivity contribution in [2.24, 2.45) is 56.7 Å². The second kappa shape index (κ2) is 11.2. The molecule has 5 saturated carbocycles. The van der Waals surface area contributed by atoms with Gasteiger partial charge in [0.25, 0.3) is 0 Å². The lowest BCUT2D eigenvalue weighted by Gasteiger charge is -2.72. The number of carboxylic acids is 1. The molecule has 3 N–H and O–H groups in total. The van der Waals surface area contributed by atoms with Crippen LogP contribution in [0, 0.1) is 56.7 Å². The lowest BCUT2D eigenvalue weighted by molar-refractivity contribution is -0.246. The normalized spacial score (nSPS) is 45.6. The first kappa shape index (κ1) is 32.0. The van der Waals surface area contributed by atoms with Crippen LogP contribution in [-0.4, -0.2) is 34.7 Å². The molecule has 0 radical (unpaired) electrons. The zero-order valence-electron chi connectivity index (χ0n) is 27.7. The van der Waals surface area contributed by atoms with E-state index in [2.05, 4.69) is 53.4 Å². The van der Waals surface area contributed by atoms with E-state index in [0.29, 0.717) is 42.6 Å². The van der Waals surface area contributed by atoms with Crippen LogP contribution in [-0.2, 0) is 9.59 Å². The molecule has 0 saturated heterocycles. The number of unbranched alkanes of at least 4 members (excludes halogenated alkanes) is 3. The monoisotopic (exact) mass is 583 g/mol. The number of rotatable bonds is 9. The zero-order valence-corrected chi connectivity index (χ0v) is 27.7. The summed E-state index contributed by atoms with van der Waals surface area (Å²) < 4.78 is 0. The number of carbonyl (C=O) groups excluding carboxylic acids is 1. The minimum atomic E-state index is -0.725. The van der Waals surface area contributed by atoms with Crippen LogP contribution >= 0.6 is 0 Å². The van der Waals surface area contributed by atoms with E-state index in [4.69, 9.17) is 5.11 Å². The van der Waals surface area contributed by atoms with Gasteiger partial charge < -0.3 is 15.5 Å². The Morgan fingerprint density at radius 1 is 0.810 bits per heavy atom. The SMILES string of the molecule is C=C(C)[C@@H]1CC[C@]2(C(=O)NCCCCCCC(=O)O)CC[C@]3(C)[C@H](CC[C@@H]4[C@@]5(C)CC[C@H](O)C(C)(C)[C@@H]5CC[C@]43C)[C@@H]12. The molecule has 0 heterocycles. The number of allylic oxidation sites excluding steroid dienone is 1. The van der Waals surface area contributed by atoms with Crippen LogP contribution in [0.15, 0.2) is 12.2 Å². The van der Waals surface area contributed by atoms with Gasteiger partial charge in [-0.25, -0.2) is 0 Å². The number of carboxylic acid groups (broad SMARTS) is 1. The summed E-state index contributed by atoms with van der Waals surface area (Å²) in [5, 5.41) is 23.3. The Kier molecular flexibility index (Phi) is 8.56. The summed E-state index contributed by atoms with van der Waals surface area (Å²) in [7, 11) is 0. The molecule has 238 valence electrons. The number of carbonyl (C=O) groups is 2. The predicted octanol–water partition coefficient (Wildman–Crippen LogP) is 8.16. The van der Waals surface area contributed by atoms with Crippen molar-refractivity contribution in [2.45, 2.75) is 144 Å². The Morgan fingerprint density at radius 3 is 2.21 bits per heavy atom. The molecule has 42 heavy (non-hydrogen) atoms. The van der Waals surface area contributed by atoms with Crippen molar-refractivity contribution in [3.8, 4) is 0 Å². The molecule has 5 fully saturated rings. The maximum atomic E-state index is 14.2. The van der Waals surface area contributed by atoms with E-state index in [-0.39, 0.29) is 45.5 Å². The fourth-order valence-corrected chi connectivity index (χ4v) is 12.7. The lowest BCUT2D eigenvalue weighted by Crippen LogP contribution is -2.67. The van der Waals surface area contributed by atoms with E-state index in [1.165, 1.54) is 31.3 Å². The molecule has 0 aromatic rings. The summed E-state index contributed by atoms with van der Waals surface area (Å²) >= 11 is 0. The third-order valence-electron chi connectivity index (χ3n) is 15.1. The first-order valence-corrected chi connectivity index (χ1v) is 17.5. The topological polar surface area (TPSA) is 86.6 Å². The standard InChI is InChI=1S/C37H61NO4/c1-24(2)25-15-20-37(32(42)38-23-11-9-8-10-12-30(40)41)22-21-35(6)26(31(25)37)13-14-28-34(5)18-17-29(39)33(3,4)27(34)16-19-36(28,35)7/h25-29,31,39H,1,8-23H2,2-7H3,(H,38,42)(H,40,41)/t25-,26+,27-,28+,29-,31+,34-,35+,36+,37-/m0/s1. The molecule has 10 atom stereocenters. The van der Waals surface area contributed by atoms with Crippen LogP contribution in [0.2, 0.25) is 0 Å². The van der Waals surface area contributed by atoms with Crippen molar-refractivity contribution in [1.29, 1.82) is 0 Å². The van der Waals surface area contributed by atoms with Gasteiger partial charge in [0.2, 0.25) is 5.91 Å². The third kappa shape index (κ3) is 4.72. The van der Waals surface area contributed by atoms with Crippen molar-refractivity contribution in [3.05, 3.63) is 12.2 Å². The Labute approximate surface area is 256 Å². The van der Waals surface area contributed by atoms with Crippen molar-refractivity contribution in [3.63, 3.8) is 0 Å². The third-order valence-corrected chi connectivity index (χ3v) is 15.1. The molecule has 5 aliphatic carbocycles. The van der Waals surface area contributed by atoms with Crippen LogP contribution in [0.3, 0.4) is 0 Å². The largest absolute Gasteiger partial charge is 0.481 e. The number of amides is 1. The predicted molar refractivity (Wildman–Crippen MR) is 169 cm³/mol. The average Bonchev–Trinajstić information content (AvgIpc) is 3.32. The lowest BCUT2D eigenvalue weighted by atomic mass is 9.32. The highest BCUT2D eigenvalue weighted by Crippen LogP contribution is 2.77. The number of hydrogen-bond donors (Lipinski definition) is 3. The molecule has 0 aromatic heterocycles. The quantitative estimate of drug-likeness (QED) is 0.189. The second-order valence-electron chi connectivity index (χ2n) is 17.0. The van der Waals surface area contributed by atoms with E-state index in [1.807, 2.05) is 0 Å². The summed E-state index contributed by atoms with van der Waals surface area (Å²) in [4.78, 5) is 25.0. The fraction of sp³-hybridized carbons (Fsp3) is 0.892. The Bertz CT molecular complexity index is 1070. The maximum Gasteiger partial charge on any atom is 0.303 e. The van der Waals surface area contributed by atoms with Gasteiger partial charge in [0.15, 0.2) is 0 Å². The van der Waals surface area contributed by atoms with Gasteiger partial charge in [-0.2, -0.15) is 0 Å². The molecule has 5 heteroatoms. The van der Waals surface area contributed by atoms with Gasteiger partial charge in [0.1, 0.15) is 0 Å². The highest BCUT2D eigenvalue weighted by atomic mass is 16.4. The fourth-order valence-electron chi connectivity index (χ4n) is 12.7. The number of nitrogens with one attached hydrogen (secondary N) is 1. The van der Waals surface area contributed by atoms with Crippen molar-refractivity contribution in [2.75, 3.05) is 6.54 Å². The van der Waals surface area contributed by atoms with Gasteiger partial charge in [0.05, 0.1) is 11.5 Å². The Balaban J connectivity index is 1.37. The van der Waals surface area contributed by atoms with Gasteiger partial charge in [0, 0.05) is 13.0 Å². The minimum Gasteiger partial charge on any atom is -0.481 e. The highest BCUT2D eigenvalue weighted by molar-refractivity contribution is 5.83. The average molecular weight is 584 g/mol. The molecular formula is C37H61NO4. The highest BCUT2D eigenvalue weighted by Gasteiger charge is 2.71. The Morgan fingerprint density at radius 2 is 1.52 bits per heavy atom. The van der Waals surface area contributed by atoms with Crippen LogP contribution in [0.4, 0.5) is 0 Å². The first-order valence-electron chi connectivity index (χ1n) is 17.5. The summed E-state index contributed by atoms with van der Waals surface area (Å²) in [6.07, 6.45) is 14.7. The van der Waals surface area contributed by atoms with Gasteiger partial charge >= 0.3 is 5.97 Å². The number of hydrogen-bond acceptors (Lipinski definition) is 3. The molecule has 1 amide bonds. The van der Waals surface area contributed by atoms with Crippen LogP contribution in [0.5, 0.6) is 0 Å². The van der Waals surface area contributed by atoms with E-state index in [1.54, 1.807) is 0 Å². The minimum absolute atomic E-state index is 0.0291. The molecule has 5 rings (SSSR count). The van der Waals surface area contributed by atoms with Crippen molar-refractivity contribution in [1.82, 2.24) is 5.32 Å². The molecule has 0 aromatic carbocycles. The van der Waals surface area contributed by atoms with E-state index < -0.39 is 5.97 Å². The molecule has 0 bridgehead atoms. The van der Waals surface area contributed by atoms with Gasteiger partial charge in [-0.1, -0.05) is 59.6 Å².